The van der Waals surface area contributed by atoms with Gasteiger partial charge in [0.05, 0.1) is 0 Å². The second kappa shape index (κ2) is 6.10. The van der Waals surface area contributed by atoms with Crippen molar-refractivity contribution in [2.45, 2.75) is 19.0 Å². The Morgan fingerprint density at radius 3 is 2.90 bits per heavy atom. The topological polar surface area (TPSA) is 50.2 Å². The van der Waals surface area contributed by atoms with Gasteiger partial charge in [-0.1, -0.05) is 0 Å². The Bertz CT molecular complexity index is 608. The Labute approximate surface area is 124 Å². The van der Waals surface area contributed by atoms with Crippen LogP contribution in [0.4, 0.5) is 0 Å². The van der Waals surface area contributed by atoms with E-state index in [0.717, 1.165) is 26.1 Å². The summed E-state index contributed by atoms with van der Waals surface area (Å²) >= 11 is 0. The van der Waals surface area contributed by atoms with Crippen molar-refractivity contribution >= 4 is 5.91 Å². The van der Waals surface area contributed by atoms with Crippen molar-refractivity contribution in [3.8, 4) is 0 Å². The van der Waals surface area contributed by atoms with E-state index in [-0.39, 0.29) is 5.91 Å². The first-order chi connectivity index (χ1) is 10.2. The van der Waals surface area contributed by atoms with Gasteiger partial charge in [0.25, 0.3) is 5.91 Å². The molecule has 1 fully saturated rings. The Morgan fingerprint density at radius 1 is 1.38 bits per heavy atom. The van der Waals surface area contributed by atoms with Gasteiger partial charge in [0.2, 0.25) is 0 Å². The number of carbonyl (C=O) groups excluding carboxylic acids is 1. The SMILES string of the molecule is Cn1cccc1CNC1CCN(C(=O)c2ccncc2)C1. The van der Waals surface area contributed by atoms with Crippen LogP contribution < -0.4 is 5.32 Å². The zero-order valence-electron chi connectivity index (χ0n) is 12.2. The molecule has 1 atom stereocenters. The molecule has 5 heteroatoms. The van der Waals surface area contributed by atoms with Gasteiger partial charge in [-0.25, -0.2) is 0 Å². The molecule has 1 amide bonds. The highest BCUT2D eigenvalue weighted by Crippen LogP contribution is 2.14. The number of amides is 1. The Balaban J connectivity index is 1.54. The van der Waals surface area contributed by atoms with Crippen molar-refractivity contribution < 1.29 is 4.79 Å². The summed E-state index contributed by atoms with van der Waals surface area (Å²) in [7, 11) is 2.05. The van der Waals surface area contributed by atoms with Crippen LogP contribution >= 0.6 is 0 Å². The van der Waals surface area contributed by atoms with Crippen molar-refractivity contribution in [1.82, 2.24) is 19.8 Å². The molecule has 5 nitrogen and oxygen atoms in total. The number of carbonyl (C=O) groups is 1. The lowest BCUT2D eigenvalue weighted by atomic mass is 10.2. The molecule has 0 bridgehead atoms. The van der Waals surface area contributed by atoms with E-state index in [4.69, 9.17) is 0 Å². The number of likely N-dealkylation sites (tertiary alicyclic amines) is 1. The summed E-state index contributed by atoms with van der Waals surface area (Å²) in [6.45, 7) is 2.42. The number of aromatic nitrogens is 2. The van der Waals surface area contributed by atoms with Crippen molar-refractivity contribution in [1.29, 1.82) is 0 Å². The zero-order chi connectivity index (χ0) is 14.7. The van der Waals surface area contributed by atoms with Crippen LogP contribution in [0.2, 0.25) is 0 Å². The molecule has 1 unspecified atom stereocenters. The number of rotatable bonds is 4. The van der Waals surface area contributed by atoms with Crippen LogP contribution in [0.5, 0.6) is 0 Å². The third-order valence-corrected chi connectivity index (χ3v) is 4.03. The molecule has 1 saturated heterocycles. The third-order valence-electron chi connectivity index (χ3n) is 4.03. The predicted octanol–water partition coefficient (Wildman–Crippen LogP) is 1.42. The maximum Gasteiger partial charge on any atom is 0.254 e. The quantitative estimate of drug-likeness (QED) is 0.924. The number of pyridine rings is 1. The highest BCUT2D eigenvalue weighted by Gasteiger charge is 2.26. The van der Waals surface area contributed by atoms with Crippen LogP contribution in [0.1, 0.15) is 22.5 Å². The zero-order valence-corrected chi connectivity index (χ0v) is 12.2. The summed E-state index contributed by atoms with van der Waals surface area (Å²) < 4.78 is 2.11. The molecule has 1 aliphatic rings. The first-order valence-corrected chi connectivity index (χ1v) is 7.27. The minimum Gasteiger partial charge on any atom is -0.353 e. The van der Waals surface area contributed by atoms with E-state index < -0.39 is 0 Å². The minimum absolute atomic E-state index is 0.0977. The molecule has 1 N–H and O–H groups in total. The molecular weight excluding hydrogens is 264 g/mol. The predicted molar refractivity (Wildman–Crippen MR) is 80.8 cm³/mol. The van der Waals surface area contributed by atoms with E-state index in [2.05, 4.69) is 20.9 Å². The number of hydrogen-bond donors (Lipinski definition) is 1. The summed E-state index contributed by atoms with van der Waals surface area (Å²) in [5.41, 5.74) is 1.97. The van der Waals surface area contributed by atoms with Crippen molar-refractivity contribution in [3.05, 3.63) is 54.1 Å². The Morgan fingerprint density at radius 2 is 2.19 bits per heavy atom. The summed E-state index contributed by atoms with van der Waals surface area (Å²) in [4.78, 5) is 18.2. The summed E-state index contributed by atoms with van der Waals surface area (Å²) in [6, 6.07) is 8.07. The van der Waals surface area contributed by atoms with Crippen LogP contribution in [0.3, 0.4) is 0 Å². The van der Waals surface area contributed by atoms with E-state index in [1.54, 1.807) is 24.5 Å². The van der Waals surface area contributed by atoms with E-state index in [9.17, 15) is 4.79 Å². The van der Waals surface area contributed by atoms with Gasteiger partial charge in [0.15, 0.2) is 0 Å². The van der Waals surface area contributed by atoms with Gasteiger partial charge in [-0.05, 0) is 30.7 Å². The molecule has 1 aliphatic heterocycles. The molecular formula is C16H20N4O. The van der Waals surface area contributed by atoms with E-state index in [0.29, 0.717) is 11.6 Å². The minimum atomic E-state index is 0.0977. The molecule has 0 radical (unpaired) electrons. The molecule has 2 aromatic rings. The van der Waals surface area contributed by atoms with Crippen LogP contribution in [0, 0.1) is 0 Å². The molecule has 110 valence electrons. The molecule has 0 spiro atoms. The molecule has 2 aromatic heterocycles. The number of hydrogen-bond acceptors (Lipinski definition) is 3. The maximum atomic E-state index is 12.3. The maximum absolute atomic E-state index is 12.3. The Hall–Kier alpha value is -2.14. The largest absolute Gasteiger partial charge is 0.353 e. The third kappa shape index (κ3) is 3.13. The van der Waals surface area contributed by atoms with Gasteiger partial charge in [-0.15, -0.1) is 0 Å². The lowest BCUT2D eigenvalue weighted by molar-refractivity contribution is 0.0789. The van der Waals surface area contributed by atoms with E-state index in [1.807, 2.05) is 24.2 Å². The normalized spacial score (nSPS) is 18.1. The van der Waals surface area contributed by atoms with Crippen LogP contribution in [-0.4, -0.2) is 39.5 Å². The van der Waals surface area contributed by atoms with Gasteiger partial charge in [0.1, 0.15) is 0 Å². The van der Waals surface area contributed by atoms with E-state index >= 15 is 0 Å². The fourth-order valence-electron chi connectivity index (χ4n) is 2.72. The molecule has 3 heterocycles. The first-order valence-electron chi connectivity index (χ1n) is 7.27. The van der Waals surface area contributed by atoms with Crippen molar-refractivity contribution in [2.75, 3.05) is 13.1 Å². The second-order valence-electron chi connectivity index (χ2n) is 5.46. The first kappa shape index (κ1) is 13.8. The standard InChI is InChI=1S/C16H20N4O/c1-19-9-2-3-15(19)11-18-14-6-10-20(12-14)16(21)13-4-7-17-8-5-13/h2-5,7-9,14,18H,6,10-12H2,1H3. The molecule has 3 rings (SSSR count). The van der Waals surface area contributed by atoms with Gasteiger partial charge in [-0.3, -0.25) is 9.78 Å². The number of nitrogens with zero attached hydrogens (tertiary/aromatic N) is 3. The average Bonchev–Trinajstić information content (AvgIpc) is 3.14. The van der Waals surface area contributed by atoms with E-state index in [1.165, 1.54) is 5.69 Å². The average molecular weight is 284 g/mol. The lowest BCUT2D eigenvalue weighted by Crippen LogP contribution is -2.35. The molecule has 21 heavy (non-hydrogen) atoms. The smallest absolute Gasteiger partial charge is 0.254 e. The fraction of sp³-hybridized carbons (Fsp3) is 0.375. The molecule has 0 aromatic carbocycles. The summed E-state index contributed by atoms with van der Waals surface area (Å²) in [6.07, 6.45) is 6.37. The van der Waals surface area contributed by atoms with Gasteiger partial charge in [-0.2, -0.15) is 0 Å². The molecule has 0 aliphatic carbocycles. The fourth-order valence-corrected chi connectivity index (χ4v) is 2.72. The van der Waals surface area contributed by atoms with Gasteiger partial charge >= 0.3 is 0 Å². The summed E-state index contributed by atoms with van der Waals surface area (Å²) in [5.74, 6) is 0.0977. The molecule has 0 saturated carbocycles. The lowest BCUT2D eigenvalue weighted by Gasteiger charge is -2.17. The number of nitrogens with one attached hydrogen (secondary N) is 1. The monoisotopic (exact) mass is 284 g/mol. The Kier molecular flexibility index (Phi) is 4.01. The van der Waals surface area contributed by atoms with Gasteiger partial charge in [0, 0.05) is 62.6 Å². The van der Waals surface area contributed by atoms with Gasteiger partial charge < -0.3 is 14.8 Å². The van der Waals surface area contributed by atoms with Crippen LogP contribution in [-0.2, 0) is 13.6 Å². The highest BCUT2D eigenvalue weighted by molar-refractivity contribution is 5.94. The highest BCUT2D eigenvalue weighted by atomic mass is 16.2. The van der Waals surface area contributed by atoms with Crippen molar-refractivity contribution in [3.63, 3.8) is 0 Å². The summed E-state index contributed by atoms with van der Waals surface area (Å²) in [5, 5.41) is 3.53. The van der Waals surface area contributed by atoms with Crippen molar-refractivity contribution in [2.24, 2.45) is 7.05 Å². The van der Waals surface area contributed by atoms with Crippen LogP contribution in [0.15, 0.2) is 42.9 Å². The number of aryl methyl sites for hydroxylation is 1. The van der Waals surface area contributed by atoms with Crippen LogP contribution in [0.25, 0.3) is 0 Å². The second-order valence-corrected chi connectivity index (χ2v) is 5.46.